The number of hydrogen-bond donors (Lipinski definition) is 1. The highest BCUT2D eigenvalue weighted by atomic mass is 79.9. The van der Waals surface area contributed by atoms with E-state index in [9.17, 15) is 4.79 Å². The third-order valence-electron chi connectivity index (χ3n) is 3.78. The summed E-state index contributed by atoms with van der Waals surface area (Å²) in [6.45, 7) is 5.95. The van der Waals surface area contributed by atoms with Crippen LogP contribution >= 0.6 is 15.9 Å². The standard InChI is InChI=1S/C14H23BrN4O/c1-3-4-6-19-14(20)13(15)12(9-17-19)16-8-11-5-7-18(2)10-11/h9,11,16H,3-8,10H2,1-2H3. The molecule has 1 saturated heterocycles. The van der Waals surface area contributed by atoms with Crippen LogP contribution in [0.1, 0.15) is 26.2 Å². The molecule has 1 aromatic rings. The van der Waals surface area contributed by atoms with Gasteiger partial charge in [-0.1, -0.05) is 13.3 Å². The van der Waals surface area contributed by atoms with Gasteiger partial charge in [-0.05, 0) is 48.3 Å². The second kappa shape index (κ2) is 7.22. The van der Waals surface area contributed by atoms with Crippen LogP contribution < -0.4 is 10.9 Å². The monoisotopic (exact) mass is 342 g/mol. The number of unbranched alkanes of at least 4 members (excludes halogenated alkanes) is 1. The van der Waals surface area contributed by atoms with Gasteiger partial charge in [0, 0.05) is 19.6 Å². The predicted octanol–water partition coefficient (Wildman–Crippen LogP) is 2.17. The van der Waals surface area contributed by atoms with Crippen molar-refractivity contribution >= 4 is 21.6 Å². The number of anilines is 1. The maximum atomic E-state index is 12.1. The van der Waals surface area contributed by atoms with Crippen LogP contribution in [-0.2, 0) is 6.54 Å². The molecule has 1 fully saturated rings. The SMILES string of the molecule is CCCCn1ncc(NCC2CCN(C)C2)c(Br)c1=O. The summed E-state index contributed by atoms with van der Waals surface area (Å²) in [6, 6.07) is 0. The van der Waals surface area contributed by atoms with Crippen molar-refractivity contribution in [1.29, 1.82) is 0 Å². The maximum Gasteiger partial charge on any atom is 0.283 e. The van der Waals surface area contributed by atoms with E-state index >= 15 is 0 Å². The molecule has 112 valence electrons. The summed E-state index contributed by atoms with van der Waals surface area (Å²) < 4.78 is 2.12. The quantitative estimate of drug-likeness (QED) is 0.860. The van der Waals surface area contributed by atoms with E-state index in [-0.39, 0.29) is 5.56 Å². The molecular weight excluding hydrogens is 320 g/mol. The summed E-state index contributed by atoms with van der Waals surface area (Å²) in [5.41, 5.74) is 0.754. The molecule has 0 aliphatic carbocycles. The van der Waals surface area contributed by atoms with Crippen molar-refractivity contribution in [1.82, 2.24) is 14.7 Å². The molecule has 0 bridgehead atoms. The predicted molar refractivity (Wildman–Crippen MR) is 85.2 cm³/mol. The molecule has 1 unspecified atom stereocenters. The molecule has 6 heteroatoms. The van der Waals surface area contributed by atoms with E-state index < -0.39 is 0 Å². The Morgan fingerprint density at radius 2 is 2.35 bits per heavy atom. The number of hydrogen-bond acceptors (Lipinski definition) is 4. The molecule has 0 aromatic carbocycles. The summed E-state index contributed by atoms with van der Waals surface area (Å²) >= 11 is 3.40. The molecule has 1 aliphatic heterocycles. The van der Waals surface area contributed by atoms with E-state index in [1.165, 1.54) is 11.1 Å². The average Bonchev–Trinajstić information content (AvgIpc) is 2.85. The largest absolute Gasteiger partial charge is 0.382 e. The minimum absolute atomic E-state index is 0.0491. The van der Waals surface area contributed by atoms with Crippen molar-refractivity contribution in [2.45, 2.75) is 32.7 Å². The molecule has 0 amide bonds. The second-order valence-electron chi connectivity index (χ2n) is 5.55. The van der Waals surface area contributed by atoms with Gasteiger partial charge in [-0.2, -0.15) is 5.10 Å². The first-order valence-corrected chi connectivity index (χ1v) is 8.09. The van der Waals surface area contributed by atoms with Crippen molar-refractivity contribution in [2.24, 2.45) is 5.92 Å². The molecule has 1 N–H and O–H groups in total. The van der Waals surface area contributed by atoms with Crippen LogP contribution in [0.4, 0.5) is 5.69 Å². The van der Waals surface area contributed by atoms with Gasteiger partial charge in [-0.15, -0.1) is 0 Å². The summed E-state index contributed by atoms with van der Waals surface area (Å²) in [5.74, 6) is 0.648. The lowest BCUT2D eigenvalue weighted by Crippen LogP contribution is -2.26. The van der Waals surface area contributed by atoms with Gasteiger partial charge in [-0.25, -0.2) is 4.68 Å². The summed E-state index contributed by atoms with van der Waals surface area (Å²) in [7, 11) is 2.15. The van der Waals surface area contributed by atoms with Gasteiger partial charge in [0.25, 0.3) is 5.56 Å². The lowest BCUT2D eigenvalue weighted by molar-refractivity contribution is 0.399. The molecule has 1 aliphatic rings. The molecule has 0 radical (unpaired) electrons. The zero-order valence-electron chi connectivity index (χ0n) is 12.2. The molecule has 0 spiro atoms. The number of aromatic nitrogens is 2. The second-order valence-corrected chi connectivity index (χ2v) is 6.34. The number of nitrogens with one attached hydrogen (secondary N) is 1. The Hall–Kier alpha value is -0.880. The third kappa shape index (κ3) is 3.82. The third-order valence-corrected chi connectivity index (χ3v) is 4.54. The van der Waals surface area contributed by atoms with Crippen LogP contribution in [0.5, 0.6) is 0 Å². The van der Waals surface area contributed by atoms with E-state index in [0.29, 0.717) is 16.9 Å². The van der Waals surface area contributed by atoms with Crippen molar-refractivity contribution in [2.75, 3.05) is 32.0 Å². The van der Waals surface area contributed by atoms with Crippen molar-refractivity contribution in [3.05, 3.63) is 21.0 Å². The van der Waals surface area contributed by atoms with Crippen LogP contribution in [0.15, 0.2) is 15.5 Å². The minimum atomic E-state index is -0.0491. The van der Waals surface area contributed by atoms with Crippen LogP contribution in [0.25, 0.3) is 0 Å². The molecular formula is C14H23BrN4O. The maximum absolute atomic E-state index is 12.1. The highest BCUT2D eigenvalue weighted by Gasteiger charge is 2.19. The van der Waals surface area contributed by atoms with E-state index in [0.717, 1.165) is 38.2 Å². The topological polar surface area (TPSA) is 50.2 Å². The summed E-state index contributed by atoms with van der Waals surface area (Å²) in [4.78, 5) is 14.5. The van der Waals surface area contributed by atoms with Gasteiger partial charge in [-0.3, -0.25) is 4.79 Å². The molecule has 0 saturated carbocycles. The van der Waals surface area contributed by atoms with Gasteiger partial charge in [0.05, 0.1) is 11.9 Å². The molecule has 20 heavy (non-hydrogen) atoms. The highest BCUT2D eigenvalue weighted by Crippen LogP contribution is 2.19. The summed E-state index contributed by atoms with van der Waals surface area (Å²) in [5, 5.41) is 7.59. The van der Waals surface area contributed by atoms with Crippen molar-refractivity contribution < 1.29 is 0 Å². The molecule has 2 rings (SSSR count). The lowest BCUT2D eigenvalue weighted by Gasteiger charge is -2.14. The fourth-order valence-electron chi connectivity index (χ4n) is 2.50. The normalized spacial score (nSPS) is 19.4. The number of nitrogens with zero attached hydrogens (tertiary/aromatic N) is 3. The van der Waals surface area contributed by atoms with Crippen LogP contribution in [0.2, 0.25) is 0 Å². The van der Waals surface area contributed by atoms with E-state index in [4.69, 9.17) is 0 Å². The van der Waals surface area contributed by atoms with Gasteiger partial charge in [0.2, 0.25) is 0 Å². The smallest absolute Gasteiger partial charge is 0.283 e. The molecule has 5 nitrogen and oxygen atoms in total. The Balaban J connectivity index is 1.98. The summed E-state index contributed by atoms with van der Waals surface area (Å²) in [6.07, 6.45) is 4.99. The molecule has 1 atom stereocenters. The first-order chi connectivity index (χ1) is 9.61. The van der Waals surface area contributed by atoms with Gasteiger partial charge >= 0.3 is 0 Å². The highest BCUT2D eigenvalue weighted by molar-refractivity contribution is 9.10. The first-order valence-electron chi connectivity index (χ1n) is 7.29. The Morgan fingerprint density at radius 3 is 3.00 bits per heavy atom. The van der Waals surface area contributed by atoms with Crippen molar-refractivity contribution in [3.8, 4) is 0 Å². The average molecular weight is 343 g/mol. The zero-order valence-corrected chi connectivity index (χ0v) is 13.8. The minimum Gasteiger partial charge on any atom is -0.382 e. The first kappa shape index (κ1) is 15.5. The van der Waals surface area contributed by atoms with Crippen LogP contribution in [-0.4, -0.2) is 41.4 Å². The van der Waals surface area contributed by atoms with Crippen LogP contribution in [0.3, 0.4) is 0 Å². The number of aryl methyl sites for hydroxylation is 1. The Kier molecular flexibility index (Phi) is 5.60. The van der Waals surface area contributed by atoms with Gasteiger partial charge in [0.1, 0.15) is 4.47 Å². The lowest BCUT2D eigenvalue weighted by atomic mass is 10.1. The fraction of sp³-hybridized carbons (Fsp3) is 0.714. The van der Waals surface area contributed by atoms with Gasteiger partial charge in [0.15, 0.2) is 0 Å². The number of likely N-dealkylation sites (tertiary alicyclic amines) is 1. The Labute approximate surface area is 128 Å². The molecule has 2 heterocycles. The Bertz CT molecular complexity index is 502. The number of halogens is 1. The van der Waals surface area contributed by atoms with E-state index in [1.807, 2.05) is 0 Å². The van der Waals surface area contributed by atoms with Crippen molar-refractivity contribution in [3.63, 3.8) is 0 Å². The Morgan fingerprint density at radius 1 is 1.55 bits per heavy atom. The van der Waals surface area contributed by atoms with E-state index in [1.54, 1.807) is 6.20 Å². The number of rotatable bonds is 6. The molecule has 1 aromatic heterocycles. The zero-order chi connectivity index (χ0) is 14.5. The van der Waals surface area contributed by atoms with E-state index in [2.05, 4.69) is 45.2 Å². The van der Waals surface area contributed by atoms with Gasteiger partial charge < -0.3 is 10.2 Å². The fourth-order valence-corrected chi connectivity index (χ4v) is 2.95. The van der Waals surface area contributed by atoms with Crippen LogP contribution in [0, 0.1) is 5.92 Å².